The van der Waals surface area contributed by atoms with Crippen molar-refractivity contribution < 1.29 is 9.90 Å². The molecule has 1 amide bonds. The Morgan fingerprint density at radius 1 is 1.56 bits per heavy atom. The Morgan fingerprint density at radius 3 is 2.83 bits per heavy atom. The molecule has 1 aromatic carbocycles. The minimum absolute atomic E-state index is 0.00568. The Balaban J connectivity index is 1.85. The number of carbonyl (C=O) groups excluding carboxylic acids is 1. The van der Waals surface area contributed by atoms with E-state index in [2.05, 4.69) is 21.2 Å². The SMILES string of the molecule is Cc1cc(Br)ccc1SCC(=O)NC1(CO)CC1. The van der Waals surface area contributed by atoms with Crippen molar-refractivity contribution in [1.29, 1.82) is 0 Å². The number of aliphatic hydroxyl groups is 1. The summed E-state index contributed by atoms with van der Waals surface area (Å²) in [6, 6.07) is 6.02. The molecule has 0 unspecified atom stereocenters. The van der Waals surface area contributed by atoms with E-state index >= 15 is 0 Å². The molecule has 1 aromatic rings. The first-order valence-corrected chi connectivity index (χ1v) is 7.63. The first-order chi connectivity index (χ1) is 8.54. The Kier molecular flexibility index (Phi) is 4.35. The van der Waals surface area contributed by atoms with Crippen LogP contribution in [0.4, 0.5) is 0 Å². The molecule has 0 heterocycles. The van der Waals surface area contributed by atoms with E-state index in [-0.39, 0.29) is 18.1 Å². The van der Waals surface area contributed by atoms with Gasteiger partial charge < -0.3 is 10.4 Å². The first kappa shape index (κ1) is 13.9. The fraction of sp³-hybridized carbons (Fsp3) is 0.462. The molecule has 3 nitrogen and oxygen atoms in total. The van der Waals surface area contributed by atoms with Crippen LogP contribution in [0.2, 0.25) is 0 Å². The quantitative estimate of drug-likeness (QED) is 0.816. The molecule has 0 aromatic heterocycles. The van der Waals surface area contributed by atoms with Crippen molar-refractivity contribution in [2.24, 2.45) is 0 Å². The van der Waals surface area contributed by atoms with Gasteiger partial charge in [-0.3, -0.25) is 4.79 Å². The van der Waals surface area contributed by atoms with Crippen LogP contribution in [-0.2, 0) is 4.79 Å². The number of halogens is 1. The molecule has 98 valence electrons. The number of amides is 1. The molecule has 1 aliphatic carbocycles. The molecule has 0 atom stereocenters. The average molecular weight is 330 g/mol. The third-order valence-electron chi connectivity index (χ3n) is 3.06. The van der Waals surface area contributed by atoms with Crippen molar-refractivity contribution in [3.63, 3.8) is 0 Å². The molecular weight excluding hydrogens is 314 g/mol. The Bertz CT molecular complexity index is 460. The number of hydrogen-bond donors (Lipinski definition) is 2. The molecule has 0 saturated heterocycles. The summed E-state index contributed by atoms with van der Waals surface area (Å²) >= 11 is 4.95. The number of aryl methyl sites for hydroxylation is 1. The van der Waals surface area contributed by atoms with Crippen molar-refractivity contribution in [2.45, 2.75) is 30.2 Å². The van der Waals surface area contributed by atoms with Gasteiger partial charge in [-0.15, -0.1) is 11.8 Å². The highest BCUT2D eigenvalue weighted by atomic mass is 79.9. The maximum Gasteiger partial charge on any atom is 0.230 e. The number of rotatable bonds is 5. The zero-order valence-electron chi connectivity index (χ0n) is 10.2. The largest absolute Gasteiger partial charge is 0.394 e. The highest BCUT2D eigenvalue weighted by Gasteiger charge is 2.43. The lowest BCUT2D eigenvalue weighted by atomic mass is 10.2. The maximum absolute atomic E-state index is 11.8. The molecular formula is C13H16BrNO2S. The van der Waals surface area contributed by atoms with E-state index in [0.29, 0.717) is 5.75 Å². The van der Waals surface area contributed by atoms with Gasteiger partial charge >= 0.3 is 0 Å². The monoisotopic (exact) mass is 329 g/mol. The van der Waals surface area contributed by atoms with Crippen LogP contribution in [0.15, 0.2) is 27.6 Å². The van der Waals surface area contributed by atoms with Crippen LogP contribution in [0.1, 0.15) is 18.4 Å². The van der Waals surface area contributed by atoms with Gasteiger partial charge in [0.1, 0.15) is 0 Å². The summed E-state index contributed by atoms with van der Waals surface area (Å²) in [4.78, 5) is 12.9. The van der Waals surface area contributed by atoms with Crippen LogP contribution in [0.25, 0.3) is 0 Å². The molecule has 0 bridgehead atoms. The number of carbonyl (C=O) groups is 1. The van der Waals surface area contributed by atoms with Crippen LogP contribution >= 0.6 is 27.7 Å². The fourth-order valence-electron chi connectivity index (χ4n) is 1.72. The van der Waals surface area contributed by atoms with Gasteiger partial charge in [-0.2, -0.15) is 0 Å². The second-order valence-electron chi connectivity index (χ2n) is 4.69. The summed E-state index contributed by atoms with van der Waals surface area (Å²) in [6.07, 6.45) is 1.77. The van der Waals surface area contributed by atoms with Crippen LogP contribution in [-0.4, -0.2) is 28.9 Å². The van der Waals surface area contributed by atoms with Gasteiger partial charge in [0.25, 0.3) is 0 Å². The number of aliphatic hydroxyl groups excluding tert-OH is 1. The fourth-order valence-corrected chi connectivity index (χ4v) is 3.01. The summed E-state index contributed by atoms with van der Waals surface area (Å²) in [5.41, 5.74) is 0.845. The second-order valence-corrected chi connectivity index (χ2v) is 6.62. The van der Waals surface area contributed by atoms with Gasteiger partial charge in [-0.25, -0.2) is 0 Å². The van der Waals surface area contributed by atoms with E-state index in [1.807, 2.05) is 25.1 Å². The maximum atomic E-state index is 11.8. The van der Waals surface area contributed by atoms with Crippen LogP contribution < -0.4 is 5.32 Å². The van der Waals surface area contributed by atoms with Crippen molar-refractivity contribution in [2.75, 3.05) is 12.4 Å². The second kappa shape index (κ2) is 5.63. The molecule has 18 heavy (non-hydrogen) atoms. The smallest absolute Gasteiger partial charge is 0.230 e. The van der Waals surface area contributed by atoms with Gasteiger partial charge in [-0.1, -0.05) is 15.9 Å². The summed E-state index contributed by atoms with van der Waals surface area (Å²) in [7, 11) is 0. The highest BCUT2D eigenvalue weighted by molar-refractivity contribution is 9.10. The van der Waals surface area contributed by atoms with Crippen molar-refractivity contribution in [1.82, 2.24) is 5.32 Å². The molecule has 1 fully saturated rings. The van der Waals surface area contributed by atoms with Gasteiger partial charge in [0, 0.05) is 9.37 Å². The first-order valence-electron chi connectivity index (χ1n) is 5.85. The number of hydrogen-bond acceptors (Lipinski definition) is 3. The summed E-state index contributed by atoms with van der Waals surface area (Å²) in [5.74, 6) is 0.387. The van der Waals surface area contributed by atoms with Crippen molar-refractivity contribution in [3.8, 4) is 0 Å². The number of benzene rings is 1. The molecule has 0 radical (unpaired) electrons. The lowest BCUT2D eigenvalue weighted by Crippen LogP contribution is -2.40. The lowest BCUT2D eigenvalue weighted by molar-refractivity contribution is -0.119. The molecule has 1 aliphatic rings. The van der Waals surface area contributed by atoms with E-state index < -0.39 is 0 Å². The number of nitrogens with one attached hydrogen (secondary N) is 1. The van der Waals surface area contributed by atoms with Gasteiger partial charge in [0.05, 0.1) is 17.9 Å². The molecule has 1 saturated carbocycles. The average Bonchev–Trinajstić information content (AvgIpc) is 3.08. The van der Waals surface area contributed by atoms with Crippen LogP contribution in [0, 0.1) is 6.92 Å². The lowest BCUT2D eigenvalue weighted by Gasteiger charge is -2.14. The highest BCUT2D eigenvalue weighted by Crippen LogP contribution is 2.34. The van der Waals surface area contributed by atoms with E-state index in [0.717, 1.165) is 27.8 Å². The van der Waals surface area contributed by atoms with Gasteiger partial charge in [-0.05, 0) is 43.5 Å². The minimum Gasteiger partial charge on any atom is -0.394 e. The van der Waals surface area contributed by atoms with E-state index in [4.69, 9.17) is 5.11 Å². The third kappa shape index (κ3) is 3.49. The van der Waals surface area contributed by atoms with Gasteiger partial charge in [0.15, 0.2) is 0 Å². The minimum atomic E-state index is -0.313. The Hall–Kier alpha value is -0.520. The predicted molar refractivity (Wildman–Crippen MR) is 76.8 cm³/mol. The molecule has 2 N–H and O–H groups in total. The molecule has 5 heteroatoms. The van der Waals surface area contributed by atoms with E-state index in [1.165, 1.54) is 11.8 Å². The van der Waals surface area contributed by atoms with Crippen molar-refractivity contribution >= 4 is 33.6 Å². The van der Waals surface area contributed by atoms with Crippen LogP contribution in [0.3, 0.4) is 0 Å². The standard InChI is InChI=1S/C13H16BrNO2S/c1-9-6-10(14)2-3-11(9)18-7-12(17)15-13(8-16)4-5-13/h2-3,6,16H,4-5,7-8H2,1H3,(H,15,17). The third-order valence-corrected chi connectivity index (χ3v) is 4.73. The molecule has 0 spiro atoms. The topological polar surface area (TPSA) is 49.3 Å². The van der Waals surface area contributed by atoms with Crippen LogP contribution in [0.5, 0.6) is 0 Å². The van der Waals surface area contributed by atoms with Gasteiger partial charge in [0.2, 0.25) is 5.91 Å². The normalized spacial score (nSPS) is 16.4. The predicted octanol–water partition coefficient (Wildman–Crippen LogP) is 2.49. The summed E-state index contributed by atoms with van der Waals surface area (Å²) in [5, 5.41) is 12.0. The summed E-state index contributed by atoms with van der Waals surface area (Å²) < 4.78 is 1.05. The zero-order valence-corrected chi connectivity index (χ0v) is 12.6. The summed E-state index contributed by atoms with van der Waals surface area (Å²) in [6.45, 7) is 2.07. The Morgan fingerprint density at radius 2 is 2.28 bits per heavy atom. The Labute approximate surface area is 119 Å². The zero-order chi connectivity index (χ0) is 13.2. The molecule has 0 aliphatic heterocycles. The van der Waals surface area contributed by atoms with E-state index in [1.54, 1.807) is 0 Å². The van der Waals surface area contributed by atoms with Crippen molar-refractivity contribution in [3.05, 3.63) is 28.2 Å². The number of thioether (sulfide) groups is 1. The molecule has 2 rings (SSSR count). The van der Waals surface area contributed by atoms with E-state index in [9.17, 15) is 4.79 Å².